The van der Waals surface area contributed by atoms with E-state index in [0.717, 1.165) is 5.56 Å². The molecule has 4 heteroatoms. The summed E-state index contributed by atoms with van der Waals surface area (Å²) in [6, 6.07) is 6.76. The van der Waals surface area contributed by atoms with Gasteiger partial charge in [0.1, 0.15) is 0 Å². The van der Waals surface area contributed by atoms with E-state index in [1.807, 2.05) is 12.1 Å². The zero-order valence-electron chi connectivity index (χ0n) is 7.45. The zero-order chi connectivity index (χ0) is 10.1. The zero-order valence-corrected chi connectivity index (χ0v) is 7.45. The average Bonchev–Trinajstić information content (AvgIpc) is 2.19. The molecule has 4 nitrogen and oxygen atoms in total. The minimum absolute atomic E-state index is 0.187. The summed E-state index contributed by atoms with van der Waals surface area (Å²) in [5.74, 6) is -0.187. The van der Waals surface area contributed by atoms with Gasteiger partial charge in [-0.2, -0.15) is 5.26 Å². The Hall–Kier alpha value is -1.86. The van der Waals surface area contributed by atoms with Crippen LogP contribution in [-0.4, -0.2) is 11.9 Å². The number of amides is 1. The molecule has 1 unspecified atom stereocenters. The minimum Gasteiger partial charge on any atom is -0.324 e. The van der Waals surface area contributed by atoms with Gasteiger partial charge in [0.25, 0.3) is 0 Å². The number of anilines is 1. The summed E-state index contributed by atoms with van der Waals surface area (Å²) in [7, 11) is 0. The van der Waals surface area contributed by atoms with Gasteiger partial charge in [0.2, 0.25) is 5.91 Å². The number of hydrogen-bond acceptors (Lipinski definition) is 3. The number of carbonyl (C=O) groups is 1. The molecule has 1 atom stereocenters. The molecule has 1 aromatic rings. The van der Waals surface area contributed by atoms with Gasteiger partial charge in [-0.3, -0.25) is 4.79 Å². The van der Waals surface area contributed by atoms with Crippen molar-refractivity contribution in [1.82, 2.24) is 0 Å². The van der Waals surface area contributed by atoms with Crippen molar-refractivity contribution in [3.8, 4) is 6.07 Å². The Morgan fingerprint density at radius 3 is 3.07 bits per heavy atom. The first kappa shape index (κ1) is 8.73. The second-order valence-electron chi connectivity index (χ2n) is 3.28. The molecule has 1 aromatic carbocycles. The molecule has 0 fully saturated rings. The molecule has 0 spiro atoms. The number of hydrogen-bond donors (Lipinski definition) is 2. The summed E-state index contributed by atoms with van der Waals surface area (Å²) in [6.45, 7) is 0. The number of nitrogens with one attached hydrogen (secondary N) is 1. The van der Waals surface area contributed by atoms with Gasteiger partial charge in [-0.05, 0) is 24.1 Å². The molecule has 70 valence electrons. The topological polar surface area (TPSA) is 78.9 Å². The van der Waals surface area contributed by atoms with Crippen LogP contribution in [0.5, 0.6) is 0 Å². The van der Waals surface area contributed by atoms with Crippen LogP contribution in [0.2, 0.25) is 0 Å². The van der Waals surface area contributed by atoms with Gasteiger partial charge in [0.05, 0.1) is 17.7 Å². The van der Waals surface area contributed by atoms with Crippen molar-refractivity contribution >= 4 is 11.6 Å². The average molecular weight is 187 g/mol. The van der Waals surface area contributed by atoms with Gasteiger partial charge in [-0.25, -0.2) is 0 Å². The molecule has 1 amide bonds. The van der Waals surface area contributed by atoms with Crippen molar-refractivity contribution < 1.29 is 4.79 Å². The molecule has 0 radical (unpaired) electrons. The molecule has 1 aliphatic heterocycles. The van der Waals surface area contributed by atoms with E-state index in [2.05, 4.69) is 5.32 Å². The predicted octanol–water partition coefficient (Wildman–Crippen LogP) is 0.380. The lowest BCUT2D eigenvalue weighted by Gasteiger charge is -2.21. The van der Waals surface area contributed by atoms with Crippen molar-refractivity contribution in [3.05, 3.63) is 29.3 Å². The standard InChI is InChI=1S/C10H9N3O/c11-5-6-1-2-7-4-8(12)10(14)13-9(7)3-6/h1-3,8H,4,12H2,(H,13,14). The molecule has 0 bridgehead atoms. The summed E-state index contributed by atoms with van der Waals surface area (Å²) in [6.07, 6.45) is 0.535. The van der Waals surface area contributed by atoms with Gasteiger partial charge < -0.3 is 11.1 Å². The number of fused-ring (bicyclic) bond motifs is 1. The third kappa shape index (κ3) is 1.34. The molecule has 0 saturated heterocycles. The highest BCUT2D eigenvalue weighted by Crippen LogP contribution is 2.22. The normalized spacial score (nSPS) is 19.4. The number of nitriles is 1. The van der Waals surface area contributed by atoms with Gasteiger partial charge in [-0.1, -0.05) is 6.07 Å². The number of rotatable bonds is 0. The molecule has 2 rings (SSSR count). The Morgan fingerprint density at radius 1 is 1.57 bits per heavy atom. The van der Waals surface area contributed by atoms with Crippen molar-refractivity contribution in [1.29, 1.82) is 5.26 Å². The quantitative estimate of drug-likeness (QED) is 0.616. The van der Waals surface area contributed by atoms with Crippen LogP contribution < -0.4 is 11.1 Å². The van der Waals surface area contributed by atoms with Crippen molar-refractivity contribution in [2.45, 2.75) is 12.5 Å². The SMILES string of the molecule is N#Cc1ccc2c(c1)NC(=O)C(N)C2. The number of nitrogens with two attached hydrogens (primary N) is 1. The lowest BCUT2D eigenvalue weighted by molar-refractivity contribution is -0.117. The van der Waals surface area contributed by atoms with Gasteiger partial charge in [0, 0.05) is 5.69 Å². The molecule has 14 heavy (non-hydrogen) atoms. The maximum atomic E-state index is 11.2. The summed E-state index contributed by atoms with van der Waals surface area (Å²) in [5, 5.41) is 11.3. The maximum absolute atomic E-state index is 11.2. The maximum Gasteiger partial charge on any atom is 0.241 e. The Kier molecular flexibility index (Phi) is 1.95. The van der Waals surface area contributed by atoms with E-state index in [4.69, 9.17) is 11.0 Å². The van der Waals surface area contributed by atoms with Crippen LogP contribution >= 0.6 is 0 Å². The summed E-state index contributed by atoms with van der Waals surface area (Å²) in [4.78, 5) is 11.2. The second-order valence-corrected chi connectivity index (χ2v) is 3.28. The third-order valence-electron chi connectivity index (χ3n) is 2.27. The molecule has 1 aliphatic rings. The smallest absolute Gasteiger partial charge is 0.241 e. The fraction of sp³-hybridized carbons (Fsp3) is 0.200. The fourth-order valence-corrected chi connectivity index (χ4v) is 1.50. The van der Waals surface area contributed by atoms with E-state index >= 15 is 0 Å². The van der Waals surface area contributed by atoms with E-state index in [-0.39, 0.29) is 5.91 Å². The van der Waals surface area contributed by atoms with Crippen LogP contribution in [0.3, 0.4) is 0 Å². The highest BCUT2D eigenvalue weighted by molar-refractivity contribution is 5.98. The van der Waals surface area contributed by atoms with Crippen LogP contribution in [0, 0.1) is 11.3 Å². The van der Waals surface area contributed by atoms with Gasteiger partial charge in [0.15, 0.2) is 0 Å². The van der Waals surface area contributed by atoms with E-state index in [0.29, 0.717) is 17.7 Å². The summed E-state index contributed by atoms with van der Waals surface area (Å²) < 4.78 is 0. The summed E-state index contributed by atoms with van der Waals surface area (Å²) >= 11 is 0. The Morgan fingerprint density at radius 2 is 2.36 bits per heavy atom. The lowest BCUT2D eigenvalue weighted by Crippen LogP contribution is -2.41. The first-order chi connectivity index (χ1) is 6.70. The second kappa shape index (κ2) is 3.13. The van der Waals surface area contributed by atoms with Crippen LogP contribution in [-0.2, 0) is 11.2 Å². The highest BCUT2D eigenvalue weighted by Gasteiger charge is 2.22. The van der Waals surface area contributed by atoms with Gasteiger partial charge in [-0.15, -0.1) is 0 Å². The fourth-order valence-electron chi connectivity index (χ4n) is 1.50. The minimum atomic E-state index is -0.476. The van der Waals surface area contributed by atoms with E-state index in [1.54, 1.807) is 12.1 Å². The Balaban J connectivity index is 2.44. The Bertz CT molecular complexity index is 433. The molecular formula is C10H9N3O. The van der Waals surface area contributed by atoms with Crippen LogP contribution in [0.15, 0.2) is 18.2 Å². The first-order valence-corrected chi connectivity index (χ1v) is 4.30. The molecule has 3 N–H and O–H groups in total. The molecule has 0 saturated carbocycles. The van der Waals surface area contributed by atoms with Crippen molar-refractivity contribution in [2.24, 2.45) is 5.73 Å². The molecule has 0 aliphatic carbocycles. The number of carbonyl (C=O) groups excluding carboxylic acids is 1. The monoisotopic (exact) mass is 187 g/mol. The number of nitrogens with zero attached hydrogens (tertiary/aromatic N) is 1. The third-order valence-corrected chi connectivity index (χ3v) is 2.27. The van der Waals surface area contributed by atoms with Crippen molar-refractivity contribution in [3.63, 3.8) is 0 Å². The predicted molar refractivity (Wildman–Crippen MR) is 51.5 cm³/mol. The van der Waals surface area contributed by atoms with E-state index < -0.39 is 6.04 Å². The number of benzene rings is 1. The van der Waals surface area contributed by atoms with Gasteiger partial charge >= 0.3 is 0 Å². The van der Waals surface area contributed by atoms with Crippen molar-refractivity contribution in [2.75, 3.05) is 5.32 Å². The molecular weight excluding hydrogens is 178 g/mol. The lowest BCUT2D eigenvalue weighted by atomic mass is 9.98. The van der Waals surface area contributed by atoms with E-state index in [1.165, 1.54) is 0 Å². The van der Waals surface area contributed by atoms with Crippen LogP contribution in [0.25, 0.3) is 0 Å². The van der Waals surface area contributed by atoms with E-state index in [9.17, 15) is 4.79 Å². The largest absolute Gasteiger partial charge is 0.324 e. The molecule has 1 heterocycles. The summed E-state index contributed by atoms with van der Waals surface area (Å²) in [5.41, 5.74) is 7.81. The Labute approximate surface area is 81.3 Å². The highest BCUT2D eigenvalue weighted by atomic mass is 16.2. The first-order valence-electron chi connectivity index (χ1n) is 4.30. The van der Waals surface area contributed by atoms with Crippen LogP contribution in [0.4, 0.5) is 5.69 Å². The van der Waals surface area contributed by atoms with Crippen LogP contribution in [0.1, 0.15) is 11.1 Å². The molecule has 0 aromatic heterocycles.